The number of unbranched alkanes of at least 4 members (excludes halogenated alkanes) is 21. The molecule has 0 aliphatic carbocycles. The molecule has 0 aliphatic heterocycles. The molecule has 1 atom stereocenters. The predicted octanol–water partition coefficient (Wildman–Crippen LogP) is 16.8. The van der Waals surface area contributed by atoms with Crippen molar-refractivity contribution < 1.29 is 28.6 Å². The van der Waals surface area contributed by atoms with Crippen LogP contribution in [0.2, 0.25) is 0 Å². The van der Waals surface area contributed by atoms with E-state index in [0.29, 0.717) is 12.8 Å². The minimum absolute atomic E-state index is 0.0942. The smallest absolute Gasteiger partial charge is 0.310 e. The molecular formula is C56H94O6. The van der Waals surface area contributed by atoms with Crippen molar-refractivity contribution in [3.63, 3.8) is 0 Å². The summed E-state index contributed by atoms with van der Waals surface area (Å²) in [5, 5.41) is 0. The van der Waals surface area contributed by atoms with E-state index in [9.17, 15) is 14.4 Å². The Bertz CT molecular complexity index is 1220. The quantitative estimate of drug-likeness (QED) is 0.0263. The molecule has 0 aliphatic rings. The molecule has 0 N–H and O–H groups in total. The molecule has 0 aromatic heterocycles. The first kappa shape index (κ1) is 58.6. The fourth-order valence-corrected chi connectivity index (χ4v) is 6.84. The molecule has 0 aromatic rings. The lowest BCUT2D eigenvalue weighted by Crippen LogP contribution is -2.30. The minimum Gasteiger partial charge on any atom is -0.462 e. The van der Waals surface area contributed by atoms with Crippen LogP contribution in [0, 0.1) is 0 Å². The van der Waals surface area contributed by atoms with Gasteiger partial charge in [0.2, 0.25) is 0 Å². The van der Waals surface area contributed by atoms with E-state index < -0.39 is 12.1 Å². The number of carbonyl (C=O) groups excluding carboxylic acids is 3. The van der Waals surface area contributed by atoms with Gasteiger partial charge in [-0.25, -0.2) is 0 Å². The molecule has 354 valence electrons. The van der Waals surface area contributed by atoms with Gasteiger partial charge in [0.25, 0.3) is 0 Å². The fraction of sp³-hybridized carbons (Fsp3) is 0.696. The monoisotopic (exact) mass is 863 g/mol. The highest BCUT2D eigenvalue weighted by Gasteiger charge is 2.19. The second-order valence-corrected chi connectivity index (χ2v) is 16.7. The number of carbonyl (C=O) groups is 3. The summed E-state index contributed by atoms with van der Waals surface area (Å²) >= 11 is 0. The molecule has 0 bridgehead atoms. The number of esters is 3. The van der Waals surface area contributed by atoms with E-state index >= 15 is 0 Å². The van der Waals surface area contributed by atoms with Crippen LogP contribution < -0.4 is 0 Å². The summed E-state index contributed by atoms with van der Waals surface area (Å²) in [5.74, 6) is -1.06. The molecule has 62 heavy (non-hydrogen) atoms. The molecule has 1 unspecified atom stereocenters. The molecule has 0 saturated carbocycles. The van der Waals surface area contributed by atoms with Crippen molar-refractivity contribution in [2.45, 2.75) is 239 Å². The average molecular weight is 863 g/mol. The van der Waals surface area contributed by atoms with Gasteiger partial charge in [-0.15, -0.1) is 0 Å². The zero-order chi connectivity index (χ0) is 45.1. The molecule has 0 radical (unpaired) electrons. The second-order valence-electron chi connectivity index (χ2n) is 16.7. The topological polar surface area (TPSA) is 78.9 Å². The third-order valence-electron chi connectivity index (χ3n) is 10.7. The van der Waals surface area contributed by atoms with Gasteiger partial charge in [0.05, 0.1) is 6.42 Å². The molecule has 0 fully saturated rings. The van der Waals surface area contributed by atoms with Gasteiger partial charge >= 0.3 is 17.9 Å². The summed E-state index contributed by atoms with van der Waals surface area (Å²) in [4.78, 5) is 37.9. The third kappa shape index (κ3) is 47.6. The average Bonchev–Trinajstić information content (AvgIpc) is 3.27. The number of hydrogen-bond acceptors (Lipinski definition) is 6. The summed E-state index contributed by atoms with van der Waals surface area (Å²) < 4.78 is 16.7. The summed E-state index contributed by atoms with van der Waals surface area (Å²) in [5.41, 5.74) is 0. The van der Waals surface area contributed by atoms with Gasteiger partial charge in [-0.1, -0.05) is 221 Å². The highest BCUT2D eigenvalue weighted by Crippen LogP contribution is 2.14. The van der Waals surface area contributed by atoms with Gasteiger partial charge in [0.15, 0.2) is 6.10 Å². The van der Waals surface area contributed by atoms with E-state index in [0.717, 1.165) is 96.3 Å². The Morgan fingerprint density at radius 2 is 0.677 bits per heavy atom. The first-order chi connectivity index (χ1) is 30.5. The number of hydrogen-bond donors (Lipinski definition) is 0. The van der Waals surface area contributed by atoms with Crippen LogP contribution in [0.25, 0.3) is 0 Å². The van der Waals surface area contributed by atoms with E-state index in [1.807, 2.05) is 6.08 Å². The largest absolute Gasteiger partial charge is 0.462 e. The molecule has 0 saturated heterocycles. The zero-order valence-electron chi connectivity index (χ0n) is 40.4. The number of allylic oxidation sites excluding steroid dienone is 13. The highest BCUT2D eigenvalue weighted by atomic mass is 16.6. The lowest BCUT2D eigenvalue weighted by Gasteiger charge is -2.18. The molecule has 0 spiro atoms. The van der Waals surface area contributed by atoms with Gasteiger partial charge in [-0.2, -0.15) is 0 Å². The van der Waals surface area contributed by atoms with Gasteiger partial charge in [0.1, 0.15) is 13.2 Å². The van der Waals surface area contributed by atoms with Crippen LogP contribution in [0.15, 0.2) is 85.1 Å². The van der Waals surface area contributed by atoms with Crippen molar-refractivity contribution in [3.05, 3.63) is 85.1 Å². The van der Waals surface area contributed by atoms with Crippen LogP contribution in [0.5, 0.6) is 0 Å². The number of ether oxygens (including phenoxy) is 3. The van der Waals surface area contributed by atoms with Crippen LogP contribution in [-0.4, -0.2) is 37.2 Å². The molecule has 6 nitrogen and oxygen atoms in total. The summed E-state index contributed by atoms with van der Waals surface area (Å²) in [6.45, 7) is 6.41. The van der Waals surface area contributed by atoms with Crippen molar-refractivity contribution in [2.24, 2.45) is 0 Å². The molecule has 6 heteroatoms. The van der Waals surface area contributed by atoms with Gasteiger partial charge < -0.3 is 14.2 Å². The maximum absolute atomic E-state index is 12.7. The van der Waals surface area contributed by atoms with E-state index in [-0.39, 0.29) is 31.6 Å². The van der Waals surface area contributed by atoms with Crippen LogP contribution in [0.1, 0.15) is 233 Å². The SMILES string of the molecule is CC/C=C\C/C=C\C/C=C\C/C=C\C/C=C\CC(=O)OC(COC(=O)CCCCCCC/C=C\C/C=C\CCCCCC)COC(=O)CCCCCCCCCCCCCCC. The standard InChI is InChI=1S/C56H94O6/c1-4-7-10-13-16-19-22-25-27-29-31-34-37-40-43-46-49-55(58)61-52-53(51-60-54(57)48-45-42-39-36-33-30-24-21-18-15-12-9-6-3)62-56(59)50-47-44-41-38-35-32-28-26-23-20-17-14-11-8-5-2/h8,11,17,19-20,22,26-29,35,38,44,47,53H,4-7,9-10,12-16,18,21,23-25,30-34,36-37,39-43,45-46,48-52H2,1-3H3/b11-8-,20-17-,22-19-,28-26-,29-27-,38-35-,47-44-. The Hall–Kier alpha value is -3.41. The highest BCUT2D eigenvalue weighted by molar-refractivity contribution is 5.72. The molecule has 0 rings (SSSR count). The predicted molar refractivity (Wildman–Crippen MR) is 265 cm³/mol. The Morgan fingerprint density at radius 1 is 0.355 bits per heavy atom. The van der Waals surface area contributed by atoms with Crippen molar-refractivity contribution >= 4 is 17.9 Å². The fourth-order valence-electron chi connectivity index (χ4n) is 6.84. The molecular weight excluding hydrogens is 769 g/mol. The number of rotatable bonds is 45. The van der Waals surface area contributed by atoms with Crippen LogP contribution in [-0.2, 0) is 28.6 Å². The Labute approximate surface area is 382 Å². The molecule has 0 amide bonds. The van der Waals surface area contributed by atoms with Gasteiger partial charge in [-0.3, -0.25) is 14.4 Å². The van der Waals surface area contributed by atoms with Crippen LogP contribution in [0.4, 0.5) is 0 Å². The van der Waals surface area contributed by atoms with E-state index in [2.05, 4.69) is 93.7 Å². The second kappa shape index (κ2) is 50.2. The first-order valence-electron chi connectivity index (χ1n) is 25.6. The molecule has 0 heterocycles. The van der Waals surface area contributed by atoms with E-state index in [1.165, 1.54) is 96.3 Å². The van der Waals surface area contributed by atoms with Crippen LogP contribution in [0.3, 0.4) is 0 Å². The normalized spacial score (nSPS) is 12.8. The van der Waals surface area contributed by atoms with Gasteiger partial charge in [-0.05, 0) is 77.0 Å². The Kier molecular flexibility index (Phi) is 47.5. The third-order valence-corrected chi connectivity index (χ3v) is 10.7. The summed E-state index contributed by atoms with van der Waals surface area (Å²) in [7, 11) is 0. The Balaban J connectivity index is 4.53. The van der Waals surface area contributed by atoms with E-state index in [4.69, 9.17) is 14.2 Å². The van der Waals surface area contributed by atoms with Crippen molar-refractivity contribution in [1.29, 1.82) is 0 Å². The van der Waals surface area contributed by atoms with Crippen molar-refractivity contribution in [2.75, 3.05) is 13.2 Å². The summed E-state index contributed by atoms with van der Waals surface area (Å²) in [6, 6.07) is 0. The van der Waals surface area contributed by atoms with Crippen molar-refractivity contribution in [3.8, 4) is 0 Å². The summed E-state index contributed by atoms with van der Waals surface area (Å²) in [6.07, 6.45) is 64.4. The Morgan fingerprint density at radius 3 is 1.08 bits per heavy atom. The maximum atomic E-state index is 12.7. The van der Waals surface area contributed by atoms with E-state index in [1.54, 1.807) is 6.08 Å². The van der Waals surface area contributed by atoms with Crippen LogP contribution >= 0.6 is 0 Å². The lowest BCUT2D eigenvalue weighted by atomic mass is 10.0. The molecule has 0 aromatic carbocycles. The maximum Gasteiger partial charge on any atom is 0.310 e. The zero-order valence-corrected chi connectivity index (χ0v) is 40.4. The first-order valence-corrected chi connectivity index (χ1v) is 25.6. The lowest BCUT2D eigenvalue weighted by molar-refractivity contribution is -0.166. The minimum atomic E-state index is -0.834. The van der Waals surface area contributed by atoms with Gasteiger partial charge in [0, 0.05) is 12.8 Å². The van der Waals surface area contributed by atoms with Crippen molar-refractivity contribution in [1.82, 2.24) is 0 Å².